The normalized spacial score (nSPS) is 10.3. The SMILES string of the molecule is CC(=O)CCCSc1nnc(Nc2cccc(NC(C)=O)c2)s1. The van der Waals surface area contributed by atoms with E-state index >= 15 is 0 Å². The molecule has 0 unspecified atom stereocenters. The zero-order valence-electron chi connectivity index (χ0n) is 13.0. The maximum atomic E-state index is 11.1. The van der Waals surface area contributed by atoms with Gasteiger partial charge < -0.3 is 15.4 Å². The minimum atomic E-state index is -0.109. The molecule has 2 aromatic rings. The van der Waals surface area contributed by atoms with Gasteiger partial charge in [0.1, 0.15) is 5.78 Å². The van der Waals surface area contributed by atoms with Crippen molar-refractivity contribution in [1.82, 2.24) is 10.2 Å². The lowest BCUT2D eigenvalue weighted by atomic mass is 10.3. The molecule has 6 nitrogen and oxygen atoms in total. The summed E-state index contributed by atoms with van der Waals surface area (Å²) in [6, 6.07) is 7.41. The van der Waals surface area contributed by atoms with E-state index in [1.165, 1.54) is 18.3 Å². The number of hydrogen-bond donors (Lipinski definition) is 2. The van der Waals surface area contributed by atoms with Gasteiger partial charge in [-0.3, -0.25) is 4.79 Å². The van der Waals surface area contributed by atoms with E-state index in [1.54, 1.807) is 18.7 Å². The summed E-state index contributed by atoms with van der Waals surface area (Å²) in [4.78, 5) is 22.0. The zero-order chi connectivity index (χ0) is 16.7. The first kappa shape index (κ1) is 17.4. The predicted molar refractivity (Wildman–Crippen MR) is 94.6 cm³/mol. The summed E-state index contributed by atoms with van der Waals surface area (Å²) in [6.07, 6.45) is 1.45. The molecule has 122 valence electrons. The Labute approximate surface area is 143 Å². The summed E-state index contributed by atoms with van der Waals surface area (Å²) in [5.74, 6) is 0.957. The van der Waals surface area contributed by atoms with Crippen LogP contribution < -0.4 is 10.6 Å². The summed E-state index contributed by atoms with van der Waals surface area (Å²) in [5, 5.41) is 14.8. The van der Waals surface area contributed by atoms with Crippen LogP contribution in [0.5, 0.6) is 0 Å². The lowest BCUT2D eigenvalue weighted by molar-refractivity contribution is -0.117. The quantitative estimate of drug-likeness (QED) is 0.558. The number of Topliss-reactive ketones (excluding diaryl/α,β-unsaturated/α-hetero) is 1. The van der Waals surface area contributed by atoms with Crippen LogP contribution in [0.25, 0.3) is 0 Å². The Morgan fingerprint density at radius 2 is 2.00 bits per heavy atom. The number of rotatable bonds is 8. The Balaban J connectivity index is 1.88. The first-order chi connectivity index (χ1) is 11.0. The Morgan fingerprint density at radius 1 is 1.22 bits per heavy atom. The van der Waals surface area contributed by atoms with Crippen LogP contribution in [0.4, 0.5) is 16.5 Å². The molecule has 1 heterocycles. The first-order valence-corrected chi connectivity index (χ1v) is 8.93. The Kier molecular flexibility index (Phi) is 6.54. The number of benzene rings is 1. The van der Waals surface area contributed by atoms with Crippen molar-refractivity contribution in [3.05, 3.63) is 24.3 Å². The smallest absolute Gasteiger partial charge is 0.221 e. The standard InChI is InChI=1S/C15H18N4O2S2/c1-10(20)5-4-8-22-15-19-18-14(23-15)17-13-7-3-6-12(9-13)16-11(2)21/h3,6-7,9H,4-5,8H2,1-2H3,(H,16,21)(H,17,18). The second-order valence-corrected chi connectivity index (χ2v) is 7.23. The molecule has 8 heteroatoms. The number of aromatic nitrogens is 2. The number of anilines is 3. The number of nitrogens with zero attached hydrogens (tertiary/aromatic N) is 2. The number of nitrogens with one attached hydrogen (secondary N) is 2. The van der Waals surface area contributed by atoms with E-state index in [-0.39, 0.29) is 11.7 Å². The van der Waals surface area contributed by atoms with Crippen LogP contribution >= 0.6 is 23.1 Å². The molecule has 2 N–H and O–H groups in total. The molecule has 0 bridgehead atoms. The van der Waals surface area contributed by atoms with E-state index in [2.05, 4.69) is 20.8 Å². The van der Waals surface area contributed by atoms with Crippen molar-refractivity contribution < 1.29 is 9.59 Å². The van der Waals surface area contributed by atoms with Crippen LogP contribution in [-0.4, -0.2) is 27.6 Å². The molecule has 2 rings (SSSR count). The molecule has 1 amide bonds. The molecule has 0 aliphatic rings. The minimum Gasteiger partial charge on any atom is -0.330 e. The first-order valence-electron chi connectivity index (χ1n) is 7.13. The van der Waals surface area contributed by atoms with Gasteiger partial charge in [-0.05, 0) is 31.5 Å². The van der Waals surface area contributed by atoms with Crippen molar-refractivity contribution in [2.24, 2.45) is 0 Å². The fourth-order valence-electron chi connectivity index (χ4n) is 1.80. The lowest BCUT2D eigenvalue weighted by Gasteiger charge is -2.05. The number of carbonyl (C=O) groups is 2. The highest BCUT2D eigenvalue weighted by Crippen LogP contribution is 2.28. The third kappa shape index (κ3) is 6.37. The molecule has 1 aromatic carbocycles. The summed E-state index contributed by atoms with van der Waals surface area (Å²) < 4.78 is 0.870. The number of hydrogen-bond acceptors (Lipinski definition) is 7. The zero-order valence-corrected chi connectivity index (χ0v) is 14.6. The fourth-order valence-corrected chi connectivity index (χ4v) is 3.58. The lowest BCUT2D eigenvalue weighted by Crippen LogP contribution is -2.05. The van der Waals surface area contributed by atoms with Crippen LogP contribution in [0.2, 0.25) is 0 Å². The summed E-state index contributed by atoms with van der Waals surface area (Å²) in [6.45, 7) is 3.08. The van der Waals surface area contributed by atoms with Gasteiger partial charge in [0.2, 0.25) is 11.0 Å². The van der Waals surface area contributed by atoms with Crippen LogP contribution in [0.15, 0.2) is 28.6 Å². The van der Waals surface area contributed by atoms with E-state index in [0.29, 0.717) is 11.6 Å². The summed E-state index contributed by atoms with van der Waals surface area (Å²) >= 11 is 3.06. The number of ketones is 1. The minimum absolute atomic E-state index is 0.109. The molecule has 0 saturated heterocycles. The van der Waals surface area contributed by atoms with E-state index in [9.17, 15) is 9.59 Å². The second kappa shape index (κ2) is 8.64. The van der Waals surface area contributed by atoms with Crippen LogP contribution in [0, 0.1) is 0 Å². The summed E-state index contributed by atoms with van der Waals surface area (Å²) in [5.41, 5.74) is 1.56. The molecule has 0 atom stereocenters. The van der Waals surface area contributed by atoms with E-state index in [4.69, 9.17) is 0 Å². The molecule has 0 spiro atoms. The highest BCUT2D eigenvalue weighted by Gasteiger charge is 2.06. The second-order valence-electron chi connectivity index (χ2n) is 4.91. The number of amides is 1. The van der Waals surface area contributed by atoms with Crippen molar-refractivity contribution in [3.63, 3.8) is 0 Å². The largest absolute Gasteiger partial charge is 0.330 e. The van der Waals surface area contributed by atoms with Gasteiger partial charge in [-0.2, -0.15) is 0 Å². The maximum Gasteiger partial charge on any atom is 0.221 e. The van der Waals surface area contributed by atoms with Gasteiger partial charge in [-0.1, -0.05) is 29.2 Å². The van der Waals surface area contributed by atoms with Gasteiger partial charge in [0.05, 0.1) is 0 Å². The fraction of sp³-hybridized carbons (Fsp3) is 0.333. The van der Waals surface area contributed by atoms with Gasteiger partial charge in [0.25, 0.3) is 0 Å². The molecular weight excluding hydrogens is 332 g/mol. The Bertz CT molecular complexity index is 688. The molecule has 0 aliphatic heterocycles. The molecule has 0 radical (unpaired) electrons. The van der Waals surface area contributed by atoms with Crippen molar-refractivity contribution >= 4 is 51.3 Å². The highest BCUT2D eigenvalue weighted by molar-refractivity contribution is 8.01. The Hall–Kier alpha value is -1.93. The predicted octanol–water partition coefficient (Wildman–Crippen LogP) is 3.70. The van der Waals surface area contributed by atoms with Gasteiger partial charge in [-0.25, -0.2) is 0 Å². The monoisotopic (exact) mass is 350 g/mol. The summed E-state index contributed by atoms with van der Waals surface area (Å²) in [7, 11) is 0. The van der Waals surface area contributed by atoms with Crippen molar-refractivity contribution in [1.29, 1.82) is 0 Å². The van der Waals surface area contributed by atoms with Gasteiger partial charge in [0, 0.05) is 30.5 Å². The van der Waals surface area contributed by atoms with Gasteiger partial charge in [-0.15, -0.1) is 10.2 Å². The van der Waals surface area contributed by atoms with Crippen molar-refractivity contribution in [2.75, 3.05) is 16.4 Å². The van der Waals surface area contributed by atoms with Crippen LogP contribution in [0.3, 0.4) is 0 Å². The maximum absolute atomic E-state index is 11.1. The number of thioether (sulfide) groups is 1. The number of carbonyl (C=O) groups excluding carboxylic acids is 2. The van der Waals surface area contributed by atoms with Gasteiger partial charge in [0.15, 0.2) is 4.34 Å². The molecule has 1 aromatic heterocycles. The molecule has 23 heavy (non-hydrogen) atoms. The Morgan fingerprint density at radius 3 is 2.74 bits per heavy atom. The molecule has 0 fully saturated rings. The van der Waals surface area contributed by atoms with Gasteiger partial charge >= 0.3 is 0 Å². The molecule has 0 aliphatic carbocycles. The average Bonchev–Trinajstić information content (AvgIpc) is 2.90. The van der Waals surface area contributed by atoms with E-state index in [0.717, 1.165) is 27.9 Å². The van der Waals surface area contributed by atoms with Crippen LogP contribution in [-0.2, 0) is 9.59 Å². The molecular formula is C15H18N4O2S2. The highest BCUT2D eigenvalue weighted by atomic mass is 32.2. The van der Waals surface area contributed by atoms with Crippen molar-refractivity contribution in [3.8, 4) is 0 Å². The van der Waals surface area contributed by atoms with E-state index < -0.39 is 0 Å². The van der Waals surface area contributed by atoms with E-state index in [1.807, 2.05) is 24.3 Å². The van der Waals surface area contributed by atoms with Crippen molar-refractivity contribution in [2.45, 2.75) is 31.0 Å². The van der Waals surface area contributed by atoms with Crippen LogP contribution in [0.1, 0.15) is 26.7 Å². The topological polar surface area (TPSA) is 84.0 Å². The third-order valence-electron chi connectivity index (χ3n) is 2.74. The average molecular weight is 350 g/mol. The third-order valence-corrected chi connectivity index (χ3v) is 4.80. The molecule has 0 saturated carbocycles.